The zero-order chi connectivity index (χ0) is 10.7. The molecule has 1 aromatic heterocycles. The van der Waals surface area contributed by atoms with Gasteiger partial charge in [-0.15, -0.1) is 0 Å². The first kappa shape index (κ1) is 10.6. The maximum atomic E-state index is 4.91. The summed E-state index contributed by atoms with van der Waals surface area (Å²) in [6.07, 6.45) is 4.13. The van der Waals surface area contributed by atoms with Crippen LogP contribution in [0.25, 0.3) is 0 Å². The van der Waals surface area contributed by atoms with Gasteiger partial charge >= 0.3 is 0 Å². The Labute approximate surface area is 90.4 Å². The van der Waals surface area contributed by atoms with E-state index >= 15 is 0 Å². The van der Waals surface area contributed by atoms with Crippen molar-refractivity contribution in [1.29, 1.82) is 0 Å². The molecule has 15 heavy (non-hydrogen) atoms. The van der Waals surface area contributed by atoms with Gasteiger partial charge in [-0.2, -0.15) is 4.98 Å². The Balaban J connectivity index is 1.70. The molecule has 0 radical (unpaired) electrons. The minimum Gasteiger partial charge on any atom is -0.340 e. The van der Waals surface area contributed by atoms with Crippen molar-refractivity contribution in [1.82, 2.24) is 15.5 Å². The maximum absolute atomic E-state index is 4.91. The van der Waals surface area contributed by atoms with Crippen molar-refractivity contribution in [2.45, 2.75) is 39.7 Å². The van der Waals surface area contributed by atoms with Gasteiger partial charge in [0, 0.05) is 6.92 Å². The minimum absolute atomic E-state index is 0.640. The van der Waals surface area contributed by atoms with Gasteiger partial charge in [0.25, 0.3) is 0 Å². The van der Waals surface area contributed by atoms with E-state index in [-0.39, 0.29) is 0 Å². The molecule has 1 heterocycles. The Morgan fingerprint density at radius 2 is 2.33 bits per heavy atom. The normalized spacial score (nSPS) is 26.0. The highest BCUT2D eigenvalue weighted by Gasteiger charge is 2.22. The summed E-state index contributed by atoms with van der Waals surface area (Å²) in [5.74, 6) is 3.10. The molecule has 2 unspecified atom stereocenters. The number of nitrogens with zero attached hydrogens (tertiary/aromatic N) is 2. The van der Waals surface area contributed by atoms with Crippen LogP contribution in [0.4, 0.5) is 0 Å². The SMILES string of the molecule is Cc1nc(CNCC2CCCC2C)no1. The van der Waals surface area contributed by atoms with Crippen LogP contribution in [0.15, 0.2) is 4.52 Å². The van der Waals surface area contributed by atoms with Crippen LogP contribution in [-0.2, 0) is 6.54 Å². The molecule has 0 amide bonds. The van der Waals surface area contributed by atoms with Crippen LogP contribution >= 0.6 is 0 Å². The first-order chi connectivity index (χ1) is 7.25. The van der Waals surface area contributed by atoms with Crippen molar-refractivity contribution < 1.29 is 4.52 Å². The molecule has 4 heteroatoms. The highest BCUT2D eigenvalue weighted by Crippen LogP contribution is 2.30. The third-order valence-corrected chi connectivity index (χ3v) is 3.30. The lowest BCUT2D eigenvalue weighted by Gasteiger charge is -2.14. The molecule has 1 aliphatic rings. The van der Waals surface area contributed by atoms with Crippen molar-refractivity contribution in [3.63, 3.8) is 0 Å². The van der Waals surface area contributed by atoms with E-state index in [1.165, 1.54) is 19.3 Å². The molecule has 0 aromatic carbocycles. The Bertz CT molecular complexity index is 311. The Kier molecular flexibility index (Phi) is 3.36. The number of hydrogen-bond acceptors (Lipinski definition) is 4. The Hall–Kier alpha value is -0.900. The standard InChI is InChI=1S/C11H19N3O/c1-8-4-3-5-10(8)6-12-7-11-13-9(2)15-14-11/h8,10,12H,3-7H2,1-2H3. The molecule has 0 spiro atoms. The van der Waals surface area contributed by atoms with Crippen LogP contribution in [0.1, 0.15) is 37.9 Å². The summed E-state index contributed by atoms with van der Waals surface area (Å²) in [7, 11) is 0. The fourth-order valence-electron chi connectivity index (χ4n) is 2.31. The van der Waals surface area contributed by atoms with Crippen LogP contribution in [-0.4, -0.2) is 16.7 Å². The minimum atomic E-state index is 0.640. The summed E-state index contributed by atoms with van der Waals surface area (Å²) in [6, 6.07) is 0. The Morgan fingerprint density at radius 3 is 2.93 bits per heavy atom. The predicted molar refractivity (Wildman–Crippen MR) is 57.2 cm³/mol. The molecule has 0 bridgehead atoms. The number of rotatable bonds is 4. The summed E-state index contributed by atoms with van der Waals surface area (Å²) < 4.78 is 4.91. The lowest BCUT2D eigenvalue weighted by atomic mass is 9.98. The third-order valence-electron chi connectivity index (χ3n) is 3.30. The van der Waals surface area contributed by atoms with Crippen LogP contribution in [0.3, 0.4) is 0 Å². The molecule has 84 valence electrons. The summed E-state index contributed by atoms with van der Waals surface area (Å²) in [6.45, 7) is 5.96. The second-order valence-corrected chi connectivity index (χ2v) is 4.53. The van der Waals surface area contributed by atoms with Crippen molar-refractivity contribution in [3.05, 3.63) is 11.7 Å². The van der Waals surface area contributed by atoms with E-state index in [0.29, 0.717) is 5.89 Å². The molecule has 0 saturated heterocycles. The van der Waals surface area contributed by atoms with E-state index in [1.807, 2.05) is 6.92 Å². The molecule has 4 nitrogen and oxygen atoms in total. The quantitative estimate of drug-likeness (QED) is 0.823. The van der Waals surface area contributed by atoms with Crippen molar-refractivity contribution in [3.8, 4) is 0 Å². The van der Waals surface area contributed by atoms with Gasteiger partial charge in [-0.3, -0.25) is 0 Å². The number of aryl methyl sites for hydroxylation is 1. The van der Waals surface area contributed by atoms with Crippen LogP contribution in [0.5, 0.6) is 0 Å². The molecule has 1 N–H and O–H groups in total. The van der Waals surface area contributed by atoms with Gasteiger partial charge in [0.2, 0.25) is 5.89 Å². The monoisotopic (exact) mass is 209 g/mol. The molecular weight excluding hydrogens is 190 g/mol. The molecule has 2 rings (SSSR count). The van der Waals surface area contributed by atoms with Crippen LogP contribution in [0.2, 0.25) is 0 Å². The second kappa shape index (κ2) is 4.75. The number of hydrogen-bond donors (Lipinski definition) is 1. The molecule has 2 atom stereocenters. The highest BCUT2D eigenvalue weighted by atomic mass is 16.5. The topological polar surface area (TPSA) is 51.0 Å². The molecule has 1 saturated carbocycles. The smallest absolute Gasteiger partial charge is 0.223 e. The van der Waals surface area contributed by atoms with Gasteiger partial charge in [0.15, 0.2) is 5.82 Å². The molecule has 1 fully saturated rings. The van der Waals surface area contributed by atoms with Gasteiger partial charge in [0.1, 0.15) is 0 Å². The zero-order valence-corrected chi connectivity index (χ0v) is 9.49. The summed E-state index contributed by atoms with van der Waals surface area (Å²) >= 11 is 0. The fraction of sp³-hybridized carbons (Fsp3) is 0.818. The number of nitrogens with one attached hydrogen (secondary N) is 1. The third kappa shape index (κ3) is 2.78. The van der Waals surface area contributed by atoms with E-state index in [2.05, 4.69) is 22.4 Å². The predicted octanol–water partition coefficient (Wildman–Crippen LogP) is 1.90. The van der Waals surface area contributed by atoms with E-state index in [0.717, 1.165) is 30.7 Å². The summed E-state index contributed by atoms with van der Waals surface area (Å²) in [5.41, 5.74) is 0. The molecule has 1 aromatic rings. The molecular formula is C11H19N3O. The van der Waals surface area contributed by atoms with Gasteiger partial charge in [-0.25, -0.2) is 0 Å². The van der Waals surface area contributed by atoms with Gasteiger partial charge in [0.05, 0.1) is 6.54 Å². The summed E-state index contributed by atoms with van der Waals surface area (Å²) in [5, 5.41) is 7.25. The van der Waals surface area contributed by atoms with Gasteiger partial charge in [-0.1, -0.05) is 24.9 Å². The second-order valence-electron chi connectivity index (χ2n) is 4.53. The summed E-state index contributed by atoms with van der Waals surface area (Å²) in [4.78, 5) is 4.15. The van der Waals surface area contributed by atoms with E-state index in [9.17, 15) is 0 Å². The maximum Gasteiger partial charge on any atom is 0.223 e. The van der Waals surface area contributed by atoms with Crippen molar-refractivity contribution >= 4 is 0 Å². The zero-order valence-electron chi connectivity index (χ0n) is 9.49. The van der Waals surface area contributed by atoms with Crippen molar-refractivity contribution in [2.75, 3.05) is 6.54 Å². The van der Waals surface area contributed by atoms with Gasteiger partial charge < -0.3 is 9.84 Å². The highest BCUT2D eigenvalue weighted by molar-refractivity contribution is 4.84. The van der Waals surface area contributed by atoms with Gasteiger partial charge in [-0.05, 0) is 24.8 Å². The van der Waals surface area contributed by atoms with E-state index < -0.39 is 0 Å². The number of aromatic nitrogens is 2. The average molecular weight is 209 g/mol. The molecule has 1 aliphatic carbocycles. The van der Waals surface area contributed by atoms with Crippen LogP contribution in [0, 0.1) is 18.8 Å². The van der Waals surface area contributed by atoms with E-state index in [4.69, 9.17) is 4.52 Å². The average Bonchev–Trinajstić information content (AvgIpc) is 2.77. The first-order valence-corrected chi connectivity index (χ1v) is 5.75. The lowest BCUT2D eigenvalue weighted by molar-refractivity contribution is 0.373. The van der Waals surface area contributed by atoms with Crippen LogP contribution < -0.4 is 5.32 Å². The first-order valence-electron chi connectivity index (χ1n) is 5.75. The fourth-order valence-corrected chi connectivity index (χ4v) is 2.31. The Morgan fingerprint density at radius 1 is 1.47 bits per heavy atom. The largest absolute Gasteiger partial charge is 0.340 e. The van der Waals surface area contributed by atoms with Crippen molar-refractivity contribution in [2.24, 2.45) is 11.8 Å². The lowest BCUT2D eigenvalue weighted by Crippen LogP contribution is -2.24. The van der Waals surface area contributed by atoms with E-state index in [1.54, 1.807) is 0 Å². The molecule has 0 aliphatic heterocycles.